The van der Waals surface area contributed by atoms with Crippen LogP contribution in [-0.4, -0.2) is 10.8 Å². The van der Waals surface area contributed by atoms with Gasteiger partial charge in [0.15, 0.2) is 0 Å². The van der Waals surface area contributed by atoms with Crippen molar-refractivity contribution in [3.63, 3.8) is 0 Å². The van der Waals surface area contributed by atoms with Gasteiger partial charge in [0.2, 0.25) is 5.91 Å². The zero-order chi connectivity index (χ0) is 16.1. The van der Waals surface area contributed by atoms with Crippen LogP contribution in [0.3, 0.4) is 0 Å². The SMILES string of the molecule is O=C(C=Cc1ccccc1Cl)Nc1ccc([N+](=O)[O-])cc1Br. The van der Waals surface area contributed by atoms with E-state index in [0.29, 0.717) is 15.2 Å². The van der Waals surface area contributed by atoms with Crippen LogP contribution in [0.1, 0.15) is 5.56 Å². The van der Waals surface area contributed by atoms with Gasteiger partial charge >= 0.3 is 0 Å². The molecule has 112 valence electrons. The van der Waals surface area contributed by atoms with Crippen molar-refractivity contribution in [1.82, 2.24) is 0 Å². The number of halogens is 2. The van der Waals surface area contributed by atoms with E-state index in [2.05, 4.69) is 21.2 Å². The van der Waals surface area contributed by atoms with Crippen LogP contribution in [0.4, 0.5) is 11.4 Å². The summed E-state index contributed by atoms with van der Waals surface area (Å²) in [6, 6.07) is 11.2. The Hall–Kier alpha value is -2.18. The molecule has 0 fully saturated rings. The quantitative estimate of drug-likeness (QED) is 0.475. The lowest BCUT2D eigenvalue weighted by atomic mass is 10.2. The molecule has 1 N–H and O–H groups in total. The molecular weight excluding hydrogens is 372 g/mol. The molecule has 0 bridgehead atoms. The largest absolute Gasteiger partial charge is 0.321 e. The number of nitro groups is 1. The number of nitro benzene ring substituents is 1. The summed E-state index contributed by atoms with van der Waals surface area (Å²) in [6.07, 6.45) is 2.94. The minimum Gasteiger partial charge on any atom is -0.321 e. The molecular formula is C15H10BrClN2O3. The van der Waals surface area contributed by atoms with E-state index in [1.807, 2.05) is 6.07 Å². The Morgan fingerprint density at radius 2 is 2.00 bits per heavy atom. The molecule has 0 aliphatic heterocycles. The molecule has 2 rings (SSSR count). The first kappa shape index (κ1) is 16.2. The van der Waals surface area contributed by atoms with E-state index >= 15 is 0 Å². The molecule has 0 aliphatic carbocycles. The van der Waals surface area contributed by atoms with Crippen molar-refractivity contribution < 1.29 is 9.72 Å². The molecule has 1 amide bonds. The van der Waals surface area contributed by atoms with Gasteiger partial charge < -0.3 is 5.32 Å². The minimum absolute atomic E-state index is 0.0588. The number of carbonyl (C=O) groups excluding carboxylic acids is 1. The first-order chi connectivity index (χ1) is 10.5. The van der Waals surface area contributed by atoms with Gasteiger partial charge in [-0.05, 0) is 39.7 Å². The second-order valence-corrected chi connectivity index (χ2v) is 5.53. The highest BCUT2D eigenvalue weighted by Gasteiger charge is 2.10. The van der Waals surface area contributed by atoms with Crippen molar-refractivity contribution in [2.45, 2.75) is 0 Å². The molecule has 2 aromatic rings. The molecule has 0 radical (unpaired) electrons. The number of nitrogens with one attached hydrogen (secondary N) is 1. The van der Waals surface area contributed by atoms with Gasteiger partial charge in [0.05, 0.1) is 10.6 Å². The van der Waals surface area contributed by atoms with Crippen molar-refractivity contribution in [3.05, 3.63) is 73.7 Å². The summed E-state index contributed by atoms with van der Waals surface area (Å²) >= 11 is 9.17. The van der Waals surface area contributed by atoms with Gasteiger partial charge in [-0.25, -0.2) is 0 Å². The normalized spacial score (nSPS) is 10.6. The van der Waals surface area contributed by atoms with Crippen molar-refractivity contribution in [2.75, 3.05) is 5.32 Å². The van der Waals surface area contributed by atoms with Gasteiger partial charge in [-0.1, -0.05) is 29.8 Å². The number of anilines is 1. The molecule has 0 unspecified atom stereocenters. The minimum atomic E-state index is -0.506. The summed E-state index contributed by atoms with van der Waals surface area (Å²) in [5, 5.41) is 13.8. The summed E-state index contributed by atoms with van der Waals surface area (Å²) in [5.41, 5.74) is 1.11. The lowest BCUT2D eigenvalue weighted by Crippen LogP contribution is -2.08. The predicted molar refractivity (Wildman–Crippen MR) is 89.9 cm³/mol. The summed E-state index contributed by atoms with van der Waals surface area (Å²) in [7, 11) is 0. The number of hydrogen-bond donors (Lipinski definition) is 1. The van der Waals surface area contributed by atoms with E-state index in [1.165, 1.54) is 24.3 Å². The maximum atomic E-state index is 11.9. The lowest BCUT2D eigenvalue weighted by Gasteiger charge is -2.05. The molecule has 5 nitrogen and oxygen atoms in total. The van der Waals surface area contributed by atoms with Crippen molar-refractivity contribution in [1.29, 1.82) is 0 Å². The molecule has 0 spiro atoms. The average molecular weight is 382 g/mol. The van der Waals surface area contributed by atoms with Crippen LogP contribution in [-0.2, 0) is 4.79 Å². The second kappa shape index (κ2) is 7.20. The smallest absolute Gasteiger partial charge is 0.270 e. The van der Waals surface area contributed by atoms with E-state index in [-0.39, 0.29) is 11.6 Å². The standard InChI is InChI=1S/C15H10BrClN2O3/c16-12-9-11(19(21)22)6-7-14(12)18-15(20)8-5-10-3-1-2-4-13(10)17/h1-9H,(H,18,20). The fourth-order valence-electron chi connectivity index (χ4n) is 1.67. The average Bonchev–Trinajstić information content (AvgIpc) is 2.48. The number of carbonyl (C=O) groups is 1. The van der Waals surface area contributed by atoms with Crippen molar-refractivity contribution in [2.24, 2.45) is 0 Å². The van der Waals surface area contributed by atoms with Crippen LogP contribution in [0.2, 0.25) is 5.02 Å². The molecule has 0 aliphatic rings. The first-order valence-electron chi connectivity index (χ1n) is 6.15. The number of hydrogen-bond acceptors (Lipinski definition) is 3. The van der Waals surface area contributed by atoms with E-state index < -0.39 is 4.92 Å². The molecule has 0 atom stereocenters. The Morgan fingerprint density at radius 3 is 2.64 bits per heavy atom. The molecule has 7 heteroatoms. The van der Waals surface area contributed by atoms with Crippen molar-refractivity contribution in [3.8, 4) is 0 Å². The zero-order valence-electron chi connectivity index (χ0n) is 11.1. The van der Waals surface area contributed by atoms with Gasteiger partial charge in [-0.3, -0.25) is 14.9 Å². The molecule has 0 saturated carbocycles. The molecule has 0 aromatic heterocycles. The topological polar surface area (TPSA) is 72.2 Å². The Morgan fingerprint density at radius 1 is 1.27 bits per heavy atom. The number of benzene rings is 2. The van der Waals surface area contributed by atoms with Crippen LogP contribution in [0.25, 0.3) is 6.08 Å². The predicted octanol–water partition coefficient (Wildman–Crippen LogP) is 4.66. The Labute approximate surface area is 139 Å². The van der Waals surface area contributed by atoms with Crippen molar-refractivity contribution >= 4 is 50.9 Å². The maximum absolute atomic E-state index is 11.9. The third kappa shape index (κ3) is 4.16. The van der Waals surface area contributed by atoms with E-state index in [4.69, 9.17) is 11.6 Å². The zero-order valence-corrected chi connectivity index (χ0v) is 13.5. The number of rotatable bonds is 4. The van der Waals surface area contributed by atoms with E-state index in [1.54, 1.807) is 24.3 Å². The third-order valence-corrected chi connectivity index (χ3v) is 3.74. The summed E-state index contributed by atoms with van der Waals surface area (Å²) in [6.45, 7) is 0. The number of amides is 1. The first-order valence-corrected chi connectivity index (χ1v) is 7.32. The third-order valence-electron chi connectivity index (χ3n) is 2.74. The highest BCUT2D eigenvalue weighted by atomic mass is 79.9. The number of nitrogens with zero attached hydrogens (tertiary/aromatic N) is 1. The van der Waals surface area contributed by atoms with Gasteiger partial charge in [0.25, 0.3) is 5.69 Å². The highest BCUT2D eigenvalue weighted by Crippen LogP contribution is 2.27. The van der Waals surface area contributed by atoms with Gasteiger partial charge in [-0.15, -0.1) is 0 Å². The van der Waals surface area contributed by atoms with Gasteiger partial charge in [0, 0.05) is 27.7 Å². The Bertz CT molecular complexity index is 762. The van der Waals surface area contributed by atoms with E-state index in [9.17, 15) is 14.9 Å². The number of non-ortho nitro benzene ring substituents is 1. The summed E-state index contributed by atoms with van der Waals surface area (Å²) < 4.78 is 0.432. The maximum Gasteiger partial charge on any atom is 0.270 e. The fourth-order valence-corrected chi connectivity index (χ4v) is 2.33. The van der Waals surface area contributed by atoms with E-state index in [0.717, 1.165) is 5.56 Å². The van der Waals surface area contributed by atoms with Gasteiger partial charge in [0.1, 0.15) is 0 Å². The Kier molecular flexibility index (Phi) is 5.30. The molecule has 22 heavy (non-hydrogen) atoms. The molecule has 2 aromatic carbocycles. The van der Waals surface area contributed by atoms with Gasteiger partial charge in [-0.2, -0.15) is 0 Å². The monoisotopic (exact) mass is 380 g/mol. The molecule has 0 saturated heterocycles. The highest BCUT2D eigenvalue weighted by molar-refractivity contribution is 9.10. The van der Waals surface area contributed by atoms with Crippen LogP contribution in [0.15, 0.2) is 53.0 Å². The summed E-state index contributed by atoms with van der Waals surface area (Å²) in [4.78, 5) is 22.0. The lowest BCUT2D eigenvalue weighted by molar-refractivity contribution is -0.384. The Balaban J connectivity index is 2.09. The van der Waals surface area contributed by atoms with Crippen LogP contribution in [0, 0.1) is 10.1 Å². The van der Waals surface area contributed by atoms with Crippen LogP contribution in [0.5, 0.6) is 0 Å². The van der Waals surface area contributed by atoms with Crippen LogP contribution < -0.4 is 5.32 Å². The molecule has 0 heterocycles. The summed E-state index contributed by atoms with van der Waals surface area (Å²) in [5.74, 6) is -0.366. The second-order valence-electron chi connectivity index (χ2n) is 4.27. The fraction of sp³-hybridized carbons (Fsp3) is 0. The van der Waals surface area contributed by atoms with Crippen LogP contribution >= 0.6 is 27.5 Å².